The van der Waals surface area contributed by atoms with Crippen LogP contribution >= 0.6 is 27.3 Å². The van der Waals surface area contributed by atoms with Crippen molar-refractivity contribution in [3.05, 3.63) is 46.0 Å². The molecule has 19 heavy (non-hydrogen) atoms. The summed E-state index contributed by atoms with van der Waals surface area (Å²) in [7, 11) is 0. The number of nitrogens with one attached hydrogen (secondary N) is 1. The SMILES string of the molecule is O=C(Nc1cncs1)C1(Cc2ccc(Br)cc2)CC1. The van der Waals surface area contributed by atoms with Gasteiger partial charge in [0, 0.05) is 4.47 Å². The average molecular weight is 337 g/mol. The minimum absolute atomic E-state index is 0.125. The Bertz CT molecular complexity index is 576. The Morgan fingerprint density at radius 3 is 2.68 bits per heavy atom. The third-order valence-electron chi connectivity index (χ3n) is 3.46. The fraction of sp³-hybridized carbons (Fsp3) is 0.286. The smallest absolute Gasteiger partial charge is 0.231 e. The van der Waals surface area contributed by atoms with Gasteiger partial charge >= 0.3 is 0 Å². The first kappa shape index (κ1) is 12.8. The number of aromatic nitrogens is 1. The van der Waals surface area contributed by atoms with Crippen LogP contribution in [0.4, 0.5) is 5.00 Å². The maximum absolute atomic E-state index is 12.3. The summed E-state index contributed by atoms with van der Waals surface area (Å²) in [6, 6.07) is 8.19. The molecule has 1 aliphatic rings. The van der Waals surface area contributed by atoms with Gasteiger partial charge in [0.05, 0.1) is 17.1 Å². The molecule has 1 fully saturated rings. The molecule has 1 aromatic carbocycles. The monoisotopic (exact) mass is 336 g/mol. The Morgan fingerprint density at radius 2 is 2.11 bits per heavy atom. The second-order valence-corrected chi connectivity index (χ2v) is 6.71. The van der Waals surface area contributed by atoms with Crippen molar-refractivity contribution in [1.82, 2.24) is 4.98 Å². The molecule has 1 amide bonds. The number of anilines is 1. The molecule has 1 aromatic heterocycles. The minimum Gasteiger partial charge on any atom is -0.316 e. The topological polar surface area (TPSA) is 42.0 Å². The second kappa shape index (κ2) is 5.06. The van der Waals surface area contributed by atoms with E-state index in [4.69, 9.17) is 0 Å². The molecule has 2 aromatic rings. The van der Waals surface area contributed by atoms with Crippen molar-refractivity contribution in [2.45, 2.75) is 19.3 Å². The van der Waals surface area contributed by atoms with E-state index in [0.29, 0.717) is 0 Å². The van der Waals surface area contributed by atoms with Gasteiger partial charge in [-0.05, 0) is 37.0 Å². The van der Waals surface area contributed by atoms with Crippen LogP contribution in [-0.4, -0.2) is 10.9 Å². The van der Waals surface area contributed by atoms with Gasteiger partial charge in [-0.25, -0.2) is 0 Å². The maximum Gasteiger partial charge on any atom is 0.231 e. The number of hydrogen-bond donors (Lipinski definition) is 1. The van der Waals surface area contributed by atoms with E-state index in [2.05, 4.69) is 38.4 Å². The zero-order chi connectivity index (χ0) is 13.3. The Morgan fingerprint density at radius 1 is 1.37 bits per heavy atom. The summed E-state index contributed by atoms with van der Waals surface area (Å²) in [5.41, 5.74) is 2.72. The van der Waals surface area contributed by atoms with Crippen molar-refractivity contribution in [2.75, 3.05) is 5.32 Å². The highest BCUT2D eigenvalue weighted by Crippen LogP contribution is 2.49. The molecule has 0 aliphatic heterocycles. The summed E-state index contributed by atoms with van der Waals surface area (Å²) in [5.74, 6) is 0.125. The lowest BCUT2D eigenvalue weighted by Crippen LogP contribution is -2.25. The molecule has 3 rings (SSSR count). The van der Waals surface area contributed by atoms with Gasteiger partial charge in [0.2, 0.25) is 5.91 Å². The molecular weight excluding hydrogens is 324 g/mol. The first-order valence-electron chi connectivity index (χ1n) is 6.12. The summed E-state index contributed by atoms with van der Waals surface area (Å²) in [4.78, 5) is 16.3. The number of benzene rings is 1. The molecule has 5 heteroatoms. The van der Waals surface area contributed by atoms with E-state index in [1.807, 2.05) is 12.1 Å². The highest BCUT2D eigenvalue weighted by molar-refractivity contribution is 9.10. The van der Waals surface area contributed by atoms with E-state index >= 15 is 0 Å². The van der Waals surface area contributed by atoms with Crippen LogP contribution in [0.3, 0.4) is 0 Å². The lowest BCUT2D eigenvalue weighted by molar-refractivity contribution is -0.121. The van der Waals surface area contributed by atoms with Gasteiger partial charge in [-0.15, -0.1) is 11.3 Å². The normalized spacial score (nSPS) is 16.1. The number of nitrogens with zero attached hydrogens (tertiary/aromatic N) is 1. The predicted molar refractivity (Wildman–Crippen MR) is 80.3 cm³/mol. The molecule has 0 unspecified atom stereocenters. The van der Waals surface area contributed by atoms with Crippen molar-refractivity contribution in [3.8, 4) is 0 Å². The standard InChI is InChI=1S/C14H13BrN2OS/c15-11-3-1-10(2-4-11)7-14(5-6-14)13(18)17-12-8-16-9-19-12/h1-4,8-9H,5-7H2,(H,17,18). The van der Waals surface area contributed by atoms with Crippen molar-refractivity contribution in [2.24, 2.45) is 5.41 Å². The molecule has 1 N–H and O–H groups in total. The van der Waals surface area contributed by atoms with Gasteiger partial charge in [-0.1, -0.05) is 28.1 Å². The van der Waals surface area contributed by atoms with E-state index in [1.54, 1.807) is 11.7 Å². The summed E-state index contributed by atoms with van der Waals surface area (Å²) < 4.78 is 1.07. The number of hydrogen-bond acceptors (Lipinski definition) is 3. The zero-order valence-corrected chi connectivity index (χ0v) is 12.6. The van der Waals surface area contributed by atoms with Gasteiger partial charge in [0.25, 0.3) is 0 Å². The highest BCUT2D eigenvalue weighted by atomic mass is 79.9. The van der Waals surface area contributed by atoms with Crippen LogP contribution in [0.5, 0.6) is 0 Å². The fourth-order valence-electron chi connectivity index (χ4n) is 2.15. The van der Waals surface area contributed by atoms with Crippen molar-refractivity contribution < 1.29 is 4.79 Å². The van der Waals surface area contributed by atoms with Crippen LogP contribution < -0.4 is 5.32 Å². The number of carbonyl (C=O) groups excluding carboxylic acids is 1. The van der Waals surface area contributed by atoms with E-state index in [1.165, 1.54) is 16.9 Å². The molecule has 0 atom stereocenters. The van der Waals surface area contributed by atoms with Gasteiger partial charge in [0.15, 0.2) is 0 Å². The number of carbonyl (C=O) groups is 1. The average Bonchev–Trinajstić information content (AvgIpc) is 3.01. The lowest BCUT2D eigenvalue weighted by Gasteiger charge is -2.14. The van der Waals surface area contributed by atoms with E-state index in [9.17, 15) is 4.79 Å². The molecule has 98 valence electrons. The maximum atomic E-state index is 12.3. The van der Waals surface area contributed by atoms with Crippen molar-refractivity contribution in [3.63, 3.8) is 0 Å². The van der Waals surface area contributed by atoms with Crippen LogP contribution in [0.25, 0.3) is 0 Å². The van der Waals surface area contributed by atoms with Gasteiger partial charge < -0.3 is 5.32 Å². The van der Waals surface area contributed by atoms with Crippen LogP contribution in [0.15, 0.2) is 40.4 Å². The number of amides is 1. The molecule has 0 spiro atoms. The van der Waals surface area contributed by atoms with Gasteiger partial charge in [0.1, 0.15) is 5.00 Å². The Hall–Kier alpha value is -1.20. The van der Waals surface area contributed by atoms with Crippen molar-refractivity contribution >= 4 is 38.2 Å². The van der Waals surface area contributed by atoms with Gasteiger partial charge in [-0.3, -0.25) is 9.78 Å². The minimum atomic E-state index is -0.210. The summed E-state index contributed by atoms with van der Waals surface area (Å²) >= 11 is 4.88. The lowest BCUT2D eigenvalue weighted by atomic mass is 9.95. The number of thiazole rings is 1. The molecule has 1 saturated carbocycles. The molecule has 0 saturated heterocycles. The largest absolute Gasteiger partial charge is 0.316 e. The molecule has 0 radical (unpaired) electrons. The third kappa shape index (κ3) is 2.87. The predicted octanol–water partition coefficient (Wildman–Crippen LogP) is 3.87. The molecular formula is C14H13BrN2OS. The van der Waals surface area contributed by atoms with E-state index in [-0.39, 0.29) is 11.3 Å². The summed E-state index contributed by atoms with van der Waals surface area (Å²) in [6.07, 6.45) is 4.44. The van der Waals surface area contributed by atoms with E-state index in [0.717, 1.165) is 28.7 Å². The van der Waals surface area contributed by atoms with Crippen LogP contribution in [0.1, 0.15) is 18.4 Å². The van der Waals surface area contributed by atoms with E-state index < -0.39 is 0 Å². The zero-order valence-electron chi connectivity index (χ0n) is 10.2. The second-order valence-electron chi connectivity index (χ2n) is 4.90. The van der Waals surface area contributed by atoms with Gasteiger partial charge in [-0.2, -0.15) is 0 Å². The molecule has 0 bridgehead atoms. The summed E-state index contributed by atoms with van der Waals surface area (Å²) in [5, 5.41) is 3.79. The number of rotatable bonds is 4. The molecule has 1 aliphatic carbocycles. The first-order valence-corrected chi connectivity index (χ1v) is 7.80. The fourth-order valence-corrected chi connectivity index (χ4v) is 2.92. The Balaban J connectivity index is 1.69. The quantitative estimate of drug-likeness (QED) is 0.920. The van der Waals surface area contributed by atoms with Crippen LogP contribution in [0, 0.1) is 5.41 Å². The Labute approximate surface area is 124 Å². The first-order chi connectivity index (χ1) is 9.18. The molecule has 3 nitrogen and oxygen atoms in total. The molecule has 1 heterocycles. The summed E-state index contributed by atoms with van der Waals surface area (Å²) in [6.45, 7) is 0. The Kier molecular flexibility index (Phi) is 3.41. The van der Waals surface area contributed by atoms with Crippen LogP contribution in [-0.2, 0) is 11.2 Å². The van der Waals surface area contributed by atoms with Crippen molar-refractivity contribution in [1.29, 1.82) is 0 Å². The highest BCUT2D eigenvalue weighted by Gasteiger charge is 2.49. The third-order valence-corrected chi connectivity index (χ3v) is 4.68. The van der Waals surface area contributed by atoms with Crippen LogP contribution in [0.2, 0.25) is 0 Å². The number of halogens is 1.